The predicted octanol–water partition coefficient (Wildman–Crippen LogP) is 4.84. The smallest absolute Gasteiger partial charge is 0.306 e. The normalized spacial score (nSPS) is 24.6. The number of carbonyl (C=O) groups excluding carboxylic acids is 1. The Morgan fingerprint density at radius 2 is 1.69 bits per heavy atom. The summed E-state index contributed by atoms with van der Waals surface area (Å²) in [5.41, 5.74) is 1.46. The molecule has 39 heavy (non-hydrogen) atoms. The van der Waals surface area contributed by atoms with Crippen LogP contribution in [0.25, 0.3) is 0 Å². The Morgan fingerprint density at radius 1 is 1.00 bits per heavy atom. The Hall–Kier alpha value is -3.18. The standard InChI is InChI=1S/C27H23Cl2FN2O6S/c28-18-6-4-16(5-7-18)25-26(17-2-1-3-19(29)12-17)38-23(13-24(33)34)27(35)32(25)22-14-31(39(36,37)15-22)21-10-8-20(30)9-11-21/h1-12,22-23,25-26H,13-15H2,(H,33,34)/t22-,23+,25-,26-/m1/s1. The molecule has 3 aromatic carbocycles. The van der Waals surface area contributed by atoms with Gasteiger partial charge in [0.1, 0.15) is 18.0 Å². The first-order chi connectivity index (χ1) is 18.5. The maximum absolute atomic E-state index is 13.9. The molecular weight excluding hydrogens is 570 g/mol. The summed E-state index contributed by atoms with van der Waals surface area (Å²) in [6.45, 7) is -0.105. The van der Waals surface area contributed by atoms with E-state index in [2.05, 4.69) is 0 Å². The third-order valence-corrected chi connectivity index (χ3v) is 9.12. The summed E-state index contributed by atoms with van der Waals surface area (Å²) in [5, 5.41) is 10.4. The summed E-state index contributed by atoms with van der Waals surface area (Å²) < 4.78 is 47.4. The molecule has 2 aliphatic heterocycles. The van der Waals surface area contributed by atoms with Crippen molar-refractivity contribution in [2.75, 3.05) is 16.6 Å². The number of nitrogens with zero attached hydrogens (tertiary/aromatic N) is 2. The van der Waals surface area contributed by atoms with Gasteiger partial charge < -0.3 is 14.7 Å². The number of anilines is 1. The zero-order valence-corrected chi connectivity index (χ0v) is 22.6. The highest BCUT2D eigenvalue weighted by Crippen LogP contribution is 2.45. The Labute approximate surface area is 234 Å². The number of sulfonamides is 1. The third kappa shape index (κ3) is 5.60. The van der Waals surface area contributed by atoms with Gasteiger partial charge in [0.25, 0.3) is 5.91 Å². The number of carboxylic acids is 1. The molecule has 0 saturated carbocycles. The highest BCUT2D eigenvalue weighted by molar-refractivity contribution is 7.93. The van der Waals surface area contributed by atoms with Gasteiger partial charge in [-0.2, -0.15) is 0 Å². The van der Waals surface area contributed by atoms with Crippen LogP contribution < -0.4 is 4.31 Å². The molecule has 5 rings (SSSR count). The molecule has 0 aliphatic carbocycles. The van der Waals surface area contributed by atoms with Gasteiger partial charge in [0.2, 0.25) is 10.0 Å². The number of halogens is 3. The highest BCUT2D eigenvalue weighted by Gasteiger charge is 2.51. The number of ether oxygens (including phenoxy) is 1. The lowest BCUT2D eigenvalue weighted by Gasteiger charge is -2.47. The van der Waals surface area contributed by atoms with Crippen LogP contribution in [-0.4, -0.2) is 54.7 Å². The van der Waals surface area contributed by atoms with Gasteiger partial charge in [0.15, 0.2) is 0 Å². The van der Waals surface area contributed by atoms with Gasteiger partial charge >= 0.3 is 5.97 Å². The summed E-state index contributed by atoms with van der Waals surface area (Å²) >= 11 is 12.4. The molecule has 2 fully saturated rings. The molecule has 2 saturated heterocycles. The van der Waals surface area contributed by atoms with Crippen molar-refractivity contribution < 1.29 is 32.2 Å². The second kappa shape index (κ2) is 10.8. The predicted molar refractivity (Wildman–Crippen MR) is 144 cm³/mol. The molecule has 0 spiro atoms. The molecule has 0 bridgehead atoms. The number of morpholine rings is 1. The fraction of sp³-hybridized carbons (Fsp3) is 0.259. The Kier molecular flexibility index (Phi) is 7.56. The molecule has 204 valence electrons. The number of amides is 1. The lowest BCUT2D eigenvalue weighted by Crippen LogP contribution is -2.56. The monoisotopic (exact) mass is 592 g/mol. The molecule has 1 amide bonds. The van der Waals surface area contributed by atoms with Crippen molar-refractivity contribution in [3.63, 3.8) is 0 Å². The molecule has 0 unspecified atom stereocenters. The van der Waals surface area contributed by atoms with Gasteiger partial charge in [-0.1, -0.05) is 47.5 Å². The number of hydrogen-bond donors (Lipinski definition) is 1. The van der Waals surface area contributed by atoms with Crippen LogP contribution in [-0.2, 0) is 24.3 Å². The fourth-order valence-corrected chi connectivity index (χ4v) is 7.23. The van der Waals surface area contributed by atoms with Crippen LogP contribution in [0.1, 0.15) is 29.7 Å². The van der Waals surface area contributed by atoms with Crippen LogP contribution in [0.15, 0.2) is 72.8 Å². The largest absolute Gasteiger partial charge is 0.481 e. The van der Waals surface area contributed by atoms with E-state index in [1.54, 1.807) is 48.5 Å². The molecule has 2 aliphatic rings. The molecule has 12 heteroatoms. The van der Waals surface area contributed by atoms with Crippen LogP contribution in [0.5, 0.6) is 0 Å². The summed E-state index contributed by atoms with van der Waals surface area (Å²) in [7, 11) is -3.90. The number of rotatable bonds is 6. The highest BCUT2D eigenvalue weighted by atomic mass is 35.5. The lowest BCUT2D eigenvalue weighted by molar-refractivity contribution is -0.182. The minimum atomic E-state index is -3.90. The Morgan fingerprint density at radius 3 is 2.33 bits per heavy atom. The maximum Gasteiger partial charge on any atom is 0.306 e. The zero-order chi connectivity index (χ0) is 27.9. The minimum absolute atomic E-state index is 0.105. The summed E-state index contributed by atoms with van der Waals surface area (Å²) in [6, 6.07) is 16.9. The first-order valence-corrected chi connectivity index (χ1v) is 14.4. The Bertz CT molecular complexity index is 1500. The van der Waals surface area contributed by atoms with Crippen molar-refractivity contribution in [1.29, 1.82) is 0 Å². The Balaban J connectivity index is 1.62. The van der Waals surface area contributed by atoms with E-state index in [0.717, 1.165) is 16.4 Å². The molecule has 1 N–H and O–H groups in total. The van der Waals surface area contributed by atoms with Crippen molar-refractivity contribution in [3.8, 4) is 0 Å². The van der Waals surface area contributed by atoms with E-state index in [4.69, 9.17) is 27.9 Å². The molecule has 0 aromatic heterocycles. The van der Waals surface area contributed by atoms with E-state index >= 15 is 0 Å². The molecule has 2 heterocycles. The van der Waals surface area contributed by atoms with Crippen LogP contribution in [0, 0.1) is 5.82 Å². The van der Waals surface area contributed by atoms with Crippen molar-refractivity contribution in [2.24, 2.45) is 0 Å². The molecule has 8 nitrogen and oxygen atoms in total. The second-order valence-corrected chi connectivity index (χ2v) is 12.2. The maximum atomic E-state index is 13.9. The van der Waals surface area contributed by atoms with Gasteiger partial charge in [-0.05, 0) is 59.7 Å². The van der Waals surface area contributed by atoms with Crippen molar-refractivity contribution >= 4 is 50.8 Å². The first kappa shape index (κ1) is 27.4. The molecule has 4 atom stereocenters. The van der Waals surface area contributed by atoms with E-state index in [0.29, 0.717) is 21.2 Å². The number of carboxylic acid groups (broad SMARTS) is 1. The SMILES string of the molecule is O=C(O)C[C@@H]1O[C@H](c2cccc(Cl)c2)[C@@H](c2ccc(Cl)cc2)N([C@@H]2CN(c3ccc(F)cc3)S(=O)(=O)C2)C1=O. The van der Waals surface area contributed by atoms with E-state index in [1.165, 1.54) is 17.0 Å². The average molecular weight is 593 g/mol. The number of aliphatic carboxylic acids is 1. The van der Waals surface area contributed by atoms with Crippen molar-refractivity contribution in [1.82, 2.24) is 4.90 Å². The van der Waals surface area contributed by atoms with Gasteiger partial charge in [0.05, 0.1) is 36.5 Å². The number of carbonyl (C=O) groups is 2. The molecule has 0 radical (unpaired) electrons. The second-order valence-electron chi connectivity index (χ2n) is 9.38. The number of benzene rings is 3. The van der Waals surface area contributed by atoms with Gasteiger partial charge in [-0.15, -0.1) is 0 Å². The summed E-state index contributed by atoms with van der Waals surface area (Å²) in [5.74, 6) is -2.81. The fourth-order valence-electron chi connectivity index (χ4n) is 5.13. The van der Waals surface area contributed by atoms with Crippen LogP contribution in [0.3, 0.4) is 0 Å². The average Bonchev–Trinajstić information content (AvgIpc) is 3.20. The van der Waals surface area contributed by atoms with Crippen LogP contribution in [0.2, 0.25) is 10.0 Å². The summed E-state index contributed by atoms with van der Waals surface area (Å²) in [6.07, 6.45) is -2.84. The number of hydrogen-bond acceptors (Lipinski definition) is 5. The third-order valence-electron chi connectivity index (χ3n) is 6.80. The van der Waals surface area contributed by atoms with Crippen LogP contribution in [0.4, 0.5) is 10.1 Å². The van der Waals surface area contributed by atoms with Gasteiger partial charge in [0, 0.05) is 10.0 Å². The molecular formula is C27H23Cl2FN2O6S. The van der Waals surface area contributed by atoms with Gasteiger partial charge in [-0.25, -0.2) is 12.8 Å². The zero-order valence-electron chi connectivity index (χ0n) is 20.3. The van der Waals surface area contributed by atoms with E-state index in [-0.39, 0.29) is 12.2 Å². The first-order valence-electron chi connectivity index (χ1n) is 12.0. The van der Waals surface area contributed by atoms with Gasteiger partial charge in [-0.3, -0.25) is 13.9 Å². The van der Waals surface area contributed by atoms with Crippen molar-refractivity contribution in [3.05, 3.63) is 99.8 Å². The van der Waals surface area contributed by atoms with E-state index in [1.807, 2.05) is 0 Å². The van der Waals surface area contributed by atoms with E-state index < -0.39 is 64.2 Å². The minimum Gasteiger partial charge on any atom is -0.481 e. The molecule has 3 aromatic rings. The summed E-state index contributed by atoms with van der Waals surface area (Å²) in [4.78, 5) is 27.0. The van der Waals surface area contributed by atoms with Crippen LogP contribution >= 0.6 is 23.2 Å². The lowest BCUT2D eigenvalue weighted by atomic mass is 9.90. The van der Waals surface area contributed by atoms with Crippen molar-refractivity contribution in [2.45, 2.75) is 30.7 Å². The van der Waals surface area contributed by atoms with E-state index in [9.17, 15) is 27.5 Å². The quantitative estimate of drug-likeness (QED) is 0.439. The topological polar surface area (TPSA) is 104 Å².